The number of rotatable bonds is 3. The van der Waals surface area contributed by atoms with Crippen molar-refractivity contribution < 1.29 is 4.79 Å². The van der Waals surface area contributed by atoms with Gasteiger partial charge in [-0.1, -0.05) is 6.92 Å². The number of hydrogen-bond donors (Lipinski definition) is 1. The second-order valence-corrected chi connectivity index (χ2v) is 5.00. The van der Waals surface area contributed by atoms with E-state index in [0.29, 0.717) is 12.0 Å². The van der Waals surface area contributed by atoms with Crippen LogP contribution in [0.4, 0.5) is 4.79 Å². The van der Waals surface area contributed by atoms with Gasteiger partial charge in [0.25, 0.3) is 0 Å². The van der Waals surface area contributed by atoms with Crippen LogP contribution < -0.4 is 5.32 Å². The maximum Gasteiger partial charge on any atom is 0.317 e. The molecule has 0 bridgehead atoms. The molecule has 94 valence electrons. The summed E-state index contributed by atoms with van der Waals surface area (Å²) in [4.78, 5) is 13.7. The average Bonchev–Trinajstić information content (AvgIpc) is 2.79. The molecule has 1 aliphatic carbocycles. The Kier molecular flexibility index (Phi) is 3.09. The summed E-state index contributed by atoms with van der Waals surface area (Å²) < 4.78 is 1.75. The van der Waals surface area contributed by atoms with Gasteiger partial charge in [-0.15, -0.1) is 0 Å². The molecule has 2 amide bonds. The lowest BCUT2D eigenvalue weighted by Crippen LogP contribution is -2.40. The smallest absolute Gasteiger partial charge is 0.317 e. The molecule has 0 spiro atoms. The highest BCUT2D eigenvalue weighted by molar-refractivity contribution is 5.75. The highest BCUT2D eigenvalue weighted by Crippen LogP contribution is 2.29. The summed E-state index contributed by atoms with van der Waals surface area (Å²) in [5, 5.41) is 7.14. The summed E-state index contributed by atoms with van der Waals surface area (Å²) >= 11 is 0. The monoisotopic (exact) mass is 236 g/mol. The number of urea groups is 1. The van der Waals surface area contributed by atoms with Crippen LogP contribution in [0.25, 0.3) is 0 Å². The van der Waals surface area contributed by atoms with E-state index in [1.807, 2.05) is 27.2 Å². The van der Waals surface area contributed by atoms with Crippen LogP contribution in [0.2, 0.25) is 0 Å². The minimum atomic E-state index is -0.00398. The zero-order valence-electron chi connectivity index (χ0n) is 10.8. The molecule has 1 saturated carbocycles. The third kappa shape index (κ3) is 2.60. The number of carbonyl (C=O) groups excluding carboxylic acids is 1. The second kappa shape index (κ2) is 4.39. The van der Waals surface area contributed by atoms with E-state index in [4.69, 9.17) is 0 Å². The lowest BCUT2D eigenvalue weighted by molar-refractivity contribution is 0.193. The first-order valence-electron chi connectivity index (χ1n) is 6.01. The van der Waals surface area contributed by atoms with Gasteiger partial charge < -0.3 is 10.2 Å². The molecular formula is C12H20N4O. The molecule has 1 N–H and O–H groups in total. The van der Waals surface area contributed by atoms with Crippen molar-refractivity contribution in [2.45, 2.75) is 32.4 Å². The summed E-state index contributed by atoms with van der Waals surface area (Å²) in [5.74, 6) is 0.626. The minimum Gasteiger partial charge on any atom is -0.335 e. The second-order valence-electron chi connectivity index (χ2n) is 5.00. The third-order valence-electron chi connectivity index (χ3n) is 3.53. The summed E-state index contributed by atoms with van der Waals surface area (Å²) in [6.07, 6.45) is 4.84. The van der Waals surface area contributed by atoms with Crippen LogP contribution in [0, 0.1) is 5.92 Å². The number of aromatic nitrogens is 2. The quantitative estimate of drug-likeness (QED) is 0.865. The Hall–Kier alpha value is -1.52. The van der Waals surface area contributed by atoms with Gasteiger partial charge >= 0.3 is 6.03 Å². The molecule has 1 heterocycles. The van der Waals surface area contributed by atoms with Crippen molar-refractivity contribution in [1.82, 2.24) is 20.0 Å². The first-order valence-corrected chi connectivity index (χ1v) is 6.01. The fourth-order valence-electron chi connectivity index (χ4n) is 1.84. The van der Waals surface area contributed by atoms with E-state index < -0.39 is 0 Å². The highest BCUT2D eigenvalue weighted by Gasteiger charge is 2.35. The van der Waals surface area contributed by atoms with E-state index in [0.717, 1.165) is 12.0 Å². The molecule has 0 aliphatic heterocycles. The number of nitrogens with zero attached hydrogens (tertiary/aromatic N) is 3. The van der Waals surface area contributed by atoms with Crippen LogP contribution in [-0.2, 0) is 7.05 Å². The molecule has 0 radical (unpaired) electrons. The Labute approximate surface area is 102 Å². The van der Waals surface area contributed by atoms with Gasteiger partial charge in [-0.25, -0.2) is 4.79 Å². The van der Waals surface area contributed by atoms with E-state index in [9.17, 15) is 4.79 Å². The summed E-state index contributed by atoms with van der Waals surface area (Å²) in [5.41, 5.74) is 1.05. The molecule has 1 aromatic rings. The van der Waals surface area contributed by atoms with E-state index in [1.54, 1.807) is 15.8 Å². The van der Waals surface area contributed by atoms with Gasteiger partial charge in [0, 0.05) is 31.9 Å². The molecule has 3 atom stereocenters. The van der Waals surface area contributed by atoms with Crippen molar-refractivity contribution >= 4 is 6.03 Å². The minimum absolute atomic E-state index is 0.00398. The van der Waals surface area contributed by atoms with Crippen molar-refractivity contribution in [3.05, 3.63) is 18.0 Å². The SMILES string of the molecule is CC1CC1NC(=O)N(C)C(C)c1cnn(C)c1. The van der Waals surface area contributed by atoms with Gasteiger partial charge in [-0.3, -0.25) is 4.68 Å². The number of aryl methyl sites for hydroxylation is 1. The molecule has 17 heavy (non-hydrogen) atoms. The standard InChI is InChI=1S/C12H20N4O/c1-8-5-11(8)14-12(17)16(4)9(2)10-6-13-15(3)7-10/h6-9,11H,5H2,1-4H3,(H,14,17). The van der Waals surface area contributed by atoms with Gasteiger partial charge in [-0.2, -0.15) is 5.10 Å². The first kappa shape index (κ1) is 12.0. The predicted octanol–water partition coefficient (Wildman–Crippen LogP) is 1.53. The van der Waals surface area contributed by atoms with E-state index in [-0.39, 0.29) is 12.1 Å². The molecule has 1 aliphatic rings. The van der Waals surface area contributed by atoms with Crippen molar-refractivity contribution in [1.29, 1.82) is 0 Å². The topological polar surface area (TPSA) is 50.2 Å². The zero-order chi connectivity index (χ0) is 12.6. The Balaban J connectivity index is 1.94. The van der Waals surface area contributed by atoms with Crippen molar-refractivity contribution in [3.8, 4) is 0 Å². The Morgan fingerprint density at radius 1 is 1.71 bits per heavy atom. The normalized spacial score (nSPS) is 24.2. The molecule has 1 aromatic heterocycles. The van der Waals surface area contributed by atoms with Crippen LogP contribution in [-0.4, -0.2) is 33.8 Å². The number of carbonyl (C=O) groups is 1. The number of hydrogen-bond acceptors (Lipinski definition) is 2. The molecule has 1 fully saturated rings. The lowest BCUT2D eigenvalue weighted by Gasteiger charge is -2.24. The molecule has 2 rings (SSSR count). The van der Waals surface area contributed by atoms with Gasteiger partial charge in [0.05, 0.1) is 12.2 Å². The average molecular weight is 236 g/mol. The Morgan fingerprint density at radius 2 is 2.35 bits per heavy atom. The molecule has 0 aromatic carbocycles. The molecule has 3 unspecified atom stereocenters. The maximum atomic E-state index is 11.9. The van der Waals surface area contributed by atoms with Crippen molar-refractivity contribution in [2.24, 2.45) is 13.0 Å². The molecule has 0 saturated heterocycles. The largest absolute Gasteiger partial charge is 0.335 e. The number of nitrogens with one attached hydrogen (secondary N) is 1. The van der Waals surface area contributed by atoms with Crippen LogP contribution in [0.5, 0.6) is 0 Å². The fourth-order valence-corrected chi connectivity index (χ4v) is 1.84. The molecule has 5 heteroatoms. The number of amides is 2. The summed E-state index contributed by atoms with van der Waals surface area (Å²) in [6.45, 7) is 4.16. The predicted molar refractivity (Wildman–Crippen MR) is 65.5 cm³/mol. The van der Waals surface area contributed by atoms with Crippen molar-refractivity contribution in [2.75, 3.05) is 7.05 Å². The van der Waals surface area contributed by atoms with Crippen molar-refractivity contribution in [3.63, 3.8) is 0 Å². The van der Waals surface area contributed by atoms with E-state index in [1.165, 1.54) is 0 Å². The van der Waals surface area contributed by atoms with Gasteiger partial charge in [-0.05, 0) is 19.3 Å². The van der Waals surface area contributed by atoms with E-state index >= 15 is 0 Å². The van der Waals surface area contributed by atoms with Crippen LogP contribution >= 0.6 is 0 Å². The first-order chi connectivity index (χ1) is 7.99. The third-order valence-corrected chi connectivity index (χ3v) is 3.53. The highest BCUT2D eigenvalue weighted by atomic mass is 16.2. The summed E-state index contributed by atoms with van der Waals surface area (Å²) in [6, 6.07) is 0.402. The lowest BCUT2D eigenvalue weighted by atomic mass is 10.2. The molecule has 5 nitrogen and oxygen atoms in total. The van der Waals surface area contributed by atoms with Gasteiger partial charge in [0.15, 0.2) is 0 Å². The van der Waals surface area contributed by atoms with Crippen LogP contribution in [0.1, 0.15) is 31.9 Å². The Morgan fingerprint density at radius 3 is 2.82 bits per heavy atom. The van der Waals surface area contributed by atoms with E-state index in [2.05, 4.69) is 17.3 Å². The Bertz CT molecular complexity index is 414. The van der Waals surface area contributed by atoms with Gasteiger partial charge in [0.1, 0.15) is 0 Å². The van der Waals surface area contributed by atoms with Gasteiger partial charge in [0.2, 0.25) is 0 Å². The summed E-state index contributed by atoms with van der Waals surface area (Å²) in [7, 11) is 3.70. The molecular weight excluding hydrogens is 216 g/mol. The fraction of sp³-hybridized carbons (Fsp3) is 0.667. The van der Waals surface area contributed by atoms with Crippen LogP contribution in [0.3, 0.4) is 0 Å². The van der Waals surface area contributed by atoms with Crippen LogP contribution in [0.15, 0.2) is 12.4 Å². The maximum absolute atomic E-state index is 11.9. The zero-order valence-corrected chi connectivity index (χ0v) is 10.8.